The number of hydrogen-bond acceptors (Lipinski definition) is 5. The van der Waals surface area contributed by atoms with Crippen LogP contribution in [0.3, 0.4) is 0 Å². The second-order valence-electron chi connectivity index (χ2n) is 3.87. The third-order valence-electron chi connectivity index (χ3n) is 2.43. The molecular formula is C11H13N5O2. The maximum atomic E-state index is 11.7. The predicted molar refractivity (Wildman–Crippen MR) is 63.4 cm³/mol. The number of rotatable bonds is 3. The van der Waals surface area contributed by atoms with Crippen molar-refractivity contribution in [3.05, 3.63) is 23.8 Å². The lowest BCUT2D eigenvalue weighted by Crippen LogP contribution is -2.36. The molecule has 1 aromatic rings. The molecule has 0 spiro atoms. The molecular weight excluding hydrogens is 234 g/mol. The van der Waals surface area contributed by atoms with Crippen molar-refractivity contribution in [1.82, 2.24) is 20.7 Å². The van der Waals surface area contributed by atoms with Crippen molar-refractivity contribution in [2.24, 2.45) is 5.10 Å². The van der Waals surface area contributed by atoms with E-state index in [1.165, 1.54) is 0 Å². The number of carbonyl (C=O) groups excluding carboxylic acids is 2. The van der Waals surface area contributed by atoms with E-state index in [0.29, 0.717) is 30.9 Å². The van der Waals surface area contributed by atoms with Crippen LogP contribution in [-0.2, 0) is 16.1 Å². The van der Waals surface area contributed by atoms with Gasteiger partial charge in [-0.05, 0) is 13.0 Å². The van der Waals surface area contributed by atoms with Gasteiger partial charge in [-0.2, -0.15) is 5.10 Å². The van der Waals surface area contributed by atoms with Crippen molar-refractivity contribution in [1.29, 1.82) is 0 Å². The van der Waals surface area contributed by atoms with E-state index in [9.17, 15) is 9.59 Å². The van der Waals surface area contributed by atoms with Gasteiger partial charge in [-0.1, -0.05) is 0 Å². The number of hydrogen-bond donors (Lipinski definition) is 2. The number of aryl methyl sites for hydroxylation is 1. The second-order valence-corrected chi connectivity index (χ2v) is 3.87. The van der Waals surface area contributed by atoms with E-state index >= 15 is 0 Å². The topological polar surface area (TPSA) is 96.3 Å². The molecule has 2 amide bonds. The molecule has 1 aromatic heterocycles. The van der Waals surface area contributed by atoms with Crippen LogP contribution in [0, 0.1) is 6.92 Å². The van der Waals surface area contributed by atoms with Crippen LogP contribution in [0.25, 0.3) is 0 Å². The third-order valence-corrected chi connectivity index (χ3v) is 2.43. The minimum atomic E-state index is -0.286. The summed E-state index contributed by atoms with van der Waals surface area (Å²) < 4.78 is 0. The summed E-state index contributed by atoms with van der Waals surface area (Å²) in [7, 11) is 0. The van der Waals surface area contributed by atoms with Gasteiger partial charge < -0.3 is 5.32 Å². The summed E-state index contributed by atoms with van der Waals surface area (Å²) in [5, 5.41) is 6.41. The zero-order chi connectivity index (χ0) is 13.0. The Bertz CT molecular complexity index is 512. The number of nitrogens with one attached hydrogen (secondary N) is 2. The van der Waals surface area contributed by atoms with Crippen LogP contribution >= 0.6 is 0 Å². The fourth-order valence-electron chi connectivity index (χ4n) is 1.51. The van der Waals surface area contributed by atoms with E-state index in [1.807, 2.05) is 0 Å². The number of carbonyl (C=O) groups is 2. The summed E-state index contributed by atoms with van der Waals surface area (Å²) in [6.45, 7) is 2.10. The molecule has 0 unspecified atom stereocenters. The third kappa shape index (κ3) is 3.09. The highest BCUT2D eigenvalue weighted by atomic mass is 16.2. The van der Waals surface area contributed by atoms with Crippen LogP contribution in [0.2, 0.25) is 0 Å². The zero-order valence-electron chi connectivity index (χ0n) is 9.93. The SMILES string of the molecule is Cc1nccc(CNC(=O)C2=NNC(=O)CC2)n1. The molecule has 0 saturated heterocycles. The van der Waals surface area contributed by atoms with Crippen LogP contribution in [-0.4, -0.2) is 27.5 Å². The molecule has 7 nitrogen and oxygen atoms in total. The van der Waals surface area contributed by atoms with Gasteiger partial charge in [-0.25, -0.2) is 15.4 Å². The zero-order valence-corrected chi connectivity index (χ0v) is 9.93. The number of aromatic nitrogens is 2. The van der Waals surface area contributed by atoms with Crippen molar-refractivity contribution in [2.45, 2.75) is 26.3 Å². The highest BCUT2D eigenvalue weighted by molar-refractivity contribution is 6.39. The molecule has 0 aliphatic carbocycles. The Morgan fingerprint density at radius 1 is 1.50 bits per heavy atom. The summed E-state index contributed by atoms with van der Waals surface area (Å²) >= 11 is 0. The second kappa shape index (κ2) is 5.35. The molecule has 0 fully saturated rings. The summed E-state index contributed by atoms with van der Waals surface area (Å²) in [5.74, 6) is 0.202. The first-order valence-corrected chi connectivity index (χ1v) is 5.57. The predicted octanol–water partition coefficient (Wildman–Crippen LogP) is -0.333. The van der Waals surface area contributed by atoms with E-state index in [0.717, 1.165) is 5.69 Å². The molecule has 2 N–H and O–H groups in total. The smallest absolute Gasteiger partial charge is 0.267 e. The summed E-state index contributed by atoms with van der Waals surface area (Å²) in [4.78, 5) is 30.7. The molecule has 7 heteroatoms. The average molecular weight is 247 g/mol. The van der Waals surface area contributed by atoms with Crippen LogP contribution < -0.4 is 10.7 Å². The van der Waals surface area contributed by atoms with Crippen LogP contribution in [0.1, 0.15) is 24.4 Å². The van der Waals surface area contributed by atoms with Gasteiger partial charge in [0.05, 0.1) is 12.2 Å². The molecule has 18 heavy (non-hydrogen) atoms. The lowest BCUT2D eigenvalue weighted by molar-refractivity contribution is -0.121. The van der Waals surface area contributed by atoms with Gasteiger partial charge in [-0.3, -0.25) is 9.59 Å². The number of hydrazone groups is 1. The van der Waals surface area contributed by atoms with Crippen molar-refractivity contribution < 1.29 is 9.59 Å². The Morgan fingerprint density at radius 2 is 2.33 bits per heavy atom. The first-order chi connectivity index (χ1) is 8.65. The van der Waals surface area contributed by atoms with Gasteiger partial charge in [0.25, 0.3) is 5.91 Å². The highest BCUT2D eigenvalue weighted by Gasteiger charge is 2.17. The maximum absolute atomic E-state index is 11.7. The van der Waals surface area contributed by atoms with Gasteiger partial charge in [0.15, 0.2) is 0 Å². The number of amides is 2. The normalized spacial score (nSPS) is 14.7. The minimum Gasteiger partial charge on any atom is -0.345 e. The van der Waals surface area contributed by atoms with Crippen LogP contribution in [0.4, 0.5) is 0 Å². The molecule has 1 aliphatic heterocycles. The summed E-state index contributed by atoms with van der Waals surface area (Å²) in [6, 6.07) is 1.73. The lowest BCUT2D eigenvalue weighted by Gasteiger charge is -2.11. The van der Waals surface area contributed by atoms with Gasteiger partial charge in [-0.15, -0.1) is 0 Å². The minimum absolute atomic E-state index is 0.169. The summed E-state index contributed by atoms with van der Waals surface area (Å²) in [5.41, 5.74) is 3.35. The monoisotopic (exact) mass is 247 g/mol. The van der Waals surface area contributed by atoms with Crippen molar-refractivity contribution >= 4 is 17.5 Å². The molecule has 2 heterocycles. The Kier molecular flexibility index (Phi) is 3.61. The maximum Gasteiger partial charge on any atom is 0.267 e. The Balaban J connectivity index is 1.91. The van der Waals surface area contributed by atoms with Crippen molar-refractivity contribution in [3.8, 4) is 0 Å². The van der Waals surface area contributed by atoms with Gasteiger partial charge >= 0.3 is 0 Å². The van der Waals surface area contributed by atoms with E-state index < -0.39 is 0 Å². The first kappa shape index (κ1) is 12.2. The van der Waals surface area contributed by atoms with Gasteiger partial charge in [0.2, 0.25) is 5.91 Å². The summed E-state index contributed by atoms with van der Waals surface area (Å²) in [6.07, 6.45) is 2.29. The fourth-order valence-corrected chi connectivity index (χ4v) is 1.51. The van der Waals surface area contributed by atoms with E-state index in [2.05, 4.69) is 25.8 Å². The van der Waals surface area contributed by atoms with Crippen LogP contribution in [0.15, 0.2) is 17.4 Å². The quantitative estimate of drug-likeness (QED) is 0.764. The lowest BCUT2D eigenvalue weighted by atomic mass is 10.1. The molecule has 2 rings (SSSR count). The Labute approximate surface area is 104 Å². The highest BCUT2D eigenvalue weighted by Crippen LogP contribution is 2.00. The van der Waals surface area contributed by atoms with E-state index in [1.54, 1.807) is 19.2 Å². The molecule has 0 bridgehead atoms. The largest absolute Gasteiger partial charge is 0.345 e. The standard InChI is InChI=1S/C11H13N5O2/c1-7-12-5-4-8(14-7)6-13-11(18)9-2-3-10(17)16-15-9/h4-5H,2-3,6H2,1H3,(H,13,18)(H,16,17). The molecule has 0 saturated carbocycles. The Hall–Kier alpha value is -2.31. The van der Waals surface area contributed by atoms with Crippen molar-refractivity contribution in [2.75, 3.05) is 0 Å². The van der Waals surface area contributed by atoms with E-state index in [-0.39, 0.29) is 11.8 Å². The molecule has 0 aromatic carbocycles. The van der Waals surface area contributed by atoms with E-state index in [4.69, 9.17) is 0 Å². The molecule has 0 radical (unpaired) electrons. The van der Waals surface area contributed by atoms with Crippen LogP contribution in [0.5, 0.6) is 0 Å². The molecule has 0 atom stereocenters. The van der Waals surface area contributed by atoms with Crippen molar-refractivity contribution in [3.63, 3.8) is 0 Å². The molecule has 94 valence electrons. The average Bonchev–Trinajstić information content (AvgIpc) is 2.37. The van der Waals surface area contributed by atoms with Gasteiger partial charge in [0.1, 0.15) is 11.5 Å². The number of nitrogens with zero attached hydrogens (tertiary/aromatic N) is 3. The Morgan fingerprint density at radius 3 is 3.00 bits per heavy atom. The fraction of sp³-hybridized carbons (Fsp3) is 0.364. The molecule has 1 aliphatic rings. The first-order valence-electron chi connectivity index (χ1n) is 5.57. The van der Waals surface area contributed by atoms with Gasteiger partial charge in [0, 0.05) is 19.0 Å².